The molecule has 0 amide bonds. The predicted molar refractivity (Wildman–Crippen MR) is 72.8 cm³/mol. The highest BCUT2D eigenvalue weighted by Crippen LogP contribution is 2.21. The number of rotatable bonds is 3. The van der Waals surface area contributed by atoms with Gasteiger partial charge in [-0.25, -0.2) is 4.79 Å². The third kappa shape index (κ3) is 2.61. The first-order chi connectivity index (χ1) is 8.61. The molecule has 4 nitrogen and oxygen atoms in total. The summed E-state index contributed by atoms with van der Waals surface area (Å²) in [6.07, 6.45) is 0.747. The summed E-state index contributed by atoms with van der Waals surface area (Å²) in [6.45, 7) is 2.26. The van der Waals surface area contributed by atoms with Crippen molar-refractivity contribution >= 4 is 32.8 Å². The fourth-order valence-corrected chi connectivity index (χ4v) is 2.03. The Labute approximate surface area is 112 Å². The van der Waals surface area contributed by atoms with Crippen molar-refractivity contribution in [3.05, 3.63) is 44.7 Å². The summed E-state index contributed by atoms with van der Waals surface area (Å²) in [4.78, 5) is 26.1. The van der Waals surface area contributed by atoms with E-state index in [0.717, 1.165) is 10.9 Å². The fraction of sp³-hybridized carbons (Fsp3) is 0.231. The Morgan fingerprint density at radius 2 is 2.17 bits per heavy atom. The number of hydrogen-bond donors (Lipinski definition) is 1. The molecular formula is C13H12BrNO3. The highest BCUT2D eigenvalue weighted by atomic mass is 79.9. The van der Waals surface area contributed by atoms with Crippen LogP contribution in [0.4, 0.5) is 0 Å². The van der Waals surface area contributed by atoms with Gasteiger partial charge in [0.25, 0.3) is 0 Å². The second-order valence-electron chi connectivity index (χ2n) is 3.87. The fourth-order valence-electron chi connectivity index (χ4n) is 1.67. The average Bonchev–Trinajstić information content (AvgIpc) is 2.35. The van der Waals surface area contributed by atoms with Crippen molar-refractivity contribution in [3.8, 4) is 0 Å². The van der Waals surface area contributed by atoms with Crippen molar-refractivity contribution in [2.45, 2.75) is 13.3 Å². The number of carbonyl (C=O) groups excluding carboxylic acids is 1. The van der Waals surface area contributed by atoms with Crippen LogP contribution in [0.2, 0.25) is 0 Å². The van der Waals surface area contributed by atoms with Crippen LogP contribution in [0.5, 0.6) is 0 Å². The number of benzene rings is 1. The van der Waals surface area contributed by atoms with E-state index in [0.29, 0.717) is 23.1 Å². The number of H-pyrrole nitrogens is 1. The van der Waals surface area contributed by atoms with Gasteiger partial charge in [-0.15, -0.1) is 0 Å². The van der Waals surface area contributed by atoms with E-state index in [-0.39, 0.29) is 5.56 Å². The summed E-state index contributed by atoms with van der Waals surface area (Å²) in [5, 5.41) is 0.671. The molecular weight excluding hydrogens is 298 g/mol. The molecule has 2 aromatic rings. The van der Waals surface area contributed by atoms with Gasteiger partial charge >= 0.3 is 5.97 Å². The molecule has 0 saturated carbocycles. The number of pyridine rings is 1. The maximum Gasteiger partial charge on any atom is 0.339 e. The zero-order chi connectivity index (χ0) is 13.1. The Morgan fingerprint density at radius 1 is 1.39 bits per heavy atom. The molecule has 1 aromatic carbocycles. The van der Waals surface area contributed by atoms with Crippen molar-refractivity contribution in [1.82, 2.24) is 4.98 Å². The Balaban J connectivity index is 2.57. The van der Waals surface area contributed by atoms with Crippen LogP contribution in [-0.2, 0) is 4.74 Å². The lowest BCUT2D eigenvalue weighted by molar-refractivity contribution is 0.0507. The van der Waals surface area contributed by atoms with Gasteiger partial charge in [0.15, 0.2) is 0 Å². The zero-order valence-electron chi connectivity index (χ0n) is 9.83. The van der Waals surface area contributed by atoms with E-state index in [9.17, 15) is 9.59 Å². The molecule has 0 fully saturated rings. The standard InChI is InChI=1S/C13H12BrNO3/c1-2-5-18-13(17)10-7-12(16)15-11-4-3-8(14)6-9(10)11/h3-4,6-7H,2,5H2,1H3,(H,15,16). The van der Waals surface area contributed by atoms with E-state index in [1.54, 1.807) is 18.2 Å². The lowest BCUT2D eigenvalue weighted by Gasteiger charge is -2.06. The molecule has 1 aromatic heterocycles. The lowest BCUT2D eigenvalue weighted by Crippen LogP contribution is -2.13. The van der Waals surface area contributed by atoms with Crippen molar-refractivity contribution in [1.29, 1.82) is 0 Å². The summed E-state index contributed by atoms with van der Waals surface area (Å²) in [6, 6.07) is 6.61. The van der Waals surface area contributed by atoms with E-state index >= 15 is 0 Å². The number of nitrogens with one attached hydrogen (secondary N) is 1. The van der Waals surface area contributed by atoms with Crippen molar-refractivity contribution in [2.75, 3.05) is 6.61 Å². The second kappa shape index (κ2) is 5.35. The molecule has 0 aliphatic heterocycles. The SMILES string of the molecule is CCCOC(=O)c1cc(=O)[nH]c2ccc(Br)cc12. The minimum Gasteiger partial charge on any atom is -0.462 e. The van der Waals surface area contributed by atoms with Crippen molar-refractivity contribution in [2.24, 2.45) is 0 Å². The molecule has 0 aliphatic rings. The van der Waals surface area contributed by atoms with E-state index in [2.05, 4.69) is 20.9 Å². The molecule has 1 N–H and O–H groups in total. The molecule has 0 bridgehead atoms. The van der Waals surface area contributed by atoms with Gasteiger partial charge in [-0.1, -0.05) is 22.9 Å². The molecule has 0 radical (unpaired) electrons. The van der Waals surface area contributed by atoms with Gasteiger partial charge in [0.1, 0.15) is 0 Å². The van der Waals surface area contributed by atoms with Crippen LogP contribution in [0.15, 0.2) is 33.5 Å². The topological polar surface area (TPSA) is 59.2 Å². The molecule has 0 spiro atoms. The Bertz CT molecular complexity index is 648. The number of hydrogen-bond acceptors (Lipinski definition) is 3. The van der Waals surface area contributed by atoms with Gasteiger partial charge in [-0.05, 0) is 24.6 Å². The molecule has 0 saturated heterocycles. The Morgan fingerprint density at radius 3 is 2.89 bits per heavy atom. The van der Waals surface area contributed by atoms with Gasteiger partial charge in [0.2, 0.25) is 5.56 Å². The summed E-state index contributed by atoms with van der Waals surface area (Å²) in [5.41, 5.74) is 0.603. The number of esters is 1. The third-order valence-electron chi connectivity index (χ3n) is 2.46. The second-order valence-corrected chi connectivity index (χ2v) is 4.79. The Kier molecular flexibility index (Phi) is 3.81. The quantitative estimate of drug-likeness (QED) is 0.887. The Hall–Kier alpha value is -1.62. The number of halogens is 1. The molecule has 94 valence electrons. The minimum absolute atomic E-state index is 0.295. The van der Waals surface area contributed by atoms with Gasteiger partial charge in [-0.3, -0.25) is 4.79 Å². The largest absolute Gasteiger partial charge is 0.462 e. The van der Waals surface area contributed by atoms with Crippen LogP contribution in [0.1, 0.15) is 23.7 Å². The summed E-state index contributed by atoms with van der Waals surface area (Å²) < 4.78 is 5.91. The molecule has 0 atom stereocenters. The van der Waals surface area contributed by atoms with Gasteiger partial charge in [-0.2, -0.15) is 0 Å². The summed E-state index contributed by atoms with van der Waals surface area (Å²) in [5.74, 6) is -0.467. The van der Waals surface area contributed by atoms with Gasteiger partial charge < -0.3 is 9.72 Å². The average molecular weight is 310 g/mol. The molecule has 0 unspecified atom stereocenters. The van der Waals surface area contributed by atoms with Crippen LogP contribution in [0.25, 0.3) is 10.9 Å². The van der Waals surface area contributed by atoms with E-state index in [4.69, 9.17) is 4.74 Å². The first kappa shape index (κ1) is 12.8. The third-order valence-corrected chi connectivity index (χ3v) is 2.96. The highest BCUT2D eigenvalue weighted by molar-refractivity contribution is 9.10. The van der Waals surface area contributed by atoms with Crippen LogP contribution >= 0.6 is 15.9 Å². The van der Waals surface area contributed by atoms with E-state index in [1.165, 1.54) is 6.07 Å². The number of aromatic amines is 1. The molecule has 18 heavy (non-hydrogen) atoms. The zero-order valence-corrected chi connectivity index (χ0v) is 11.4. The van der Waals surface area contributed by atoms with Crippen LogP contribution in [0.3, 0.4) is 0 Å². The predicted octanol–water partition coefficient (Wildman–Crippen LogP) is 2.86. The van der Waals surface area contributed by atoms with E-state index < -0.39 is 5.97 Å². The number of ether oxygens (including phenoxy) is 1. The highest BCUT2D eigenvalue weighted by Gasteiger charge is 2.13. The maximum absolute atomic E-state index is 11.9. The molecule has 2 rings (SSSR count). The van der Waals surface area contributed by atoms with E-state index in [1.807, 2.05) is 6.92 Å². The summed E-state index contributed by atoms with van der Waals surface area (Å²) in [7, 11) is 0. The number of carbonyl (C=O) groups is 1. The smallest absolute Gasteiger partial charge is 0.339 e. The summed E-state index contributed by atoms with van der Waals surface area (Å²) >= 11 is 3.34. The first-order valence-corrected chi connectivity index (χ1v) is 6.41. The number of aromatic nitrogens is 1. The van der Waals surface area contributed by atoms with Crippen molar-refractivity contribution < 1.29 is 9.53 Å². The molecule has 1 heterocycles. The van der Waals surface area contributed by atoms with Gasteiger partial charge in [0, 0.05) is 21.4 Å². The molecule has 5 heteroatoms. The van der Waals surface area contributed by atoms with Gasteiger partial charge in [0.05, 0.1) is 12.2 Å². The maximum atomic E-state index is 11.9. The van der Waals surface area contributed by atoms with Crippen LogP contribution < -0.4 is 5.56 Å². The monoisotopic (exact) mass is 309 g/mol. The normalized spacial score (nSPS) is 10.6. The number of fused-ring (bicyclic) bond motifs is 1. The minimum atomic E-state index is -0.467. The van der Waals surface area contributed by atoms with Crippen LogP contribution in [-0.4, -0.2) is 17.6 Å². The molecule has 0 aliphatic carbocycles. The van der Waals surface area contributed by atoms with Crippen molar-refractivity contribution in [3.63, 3.8) is 0 Å². The van der Waals surface area contributed by atoms with Crippen LogP contribution in [0, 0.1) is 0 Å². The lowest BCUT2D eigenvalue weighted by atomic mass is 10.1. The first-order valence-electron chi connectivity index (χ1n) is 5.61.